The third-order valence-electron chi connectivity index (χ3n) is 5.60. The summed E-state index contributed by atoms with van der Waals surface area (Å²) in [5, 5.41) is 9.46. The van der Waals surface area contributed by atoms with Gasteiger partial charge in [-0.05, 0) is 19.3 Å². The number of esters is 1. The Morgan fingerprint density at radius 1 is 1.06 bits per heavy atom. The van der Waals surface area contributed by atoms with Crippen LogP contribution in [0.4, 0.5) is 0 Å². The first-order chi connectivity index (χ1) is 15.0. The van der Waals surface area contributed by atoms with Crippen molar-refractivity contribution in [2.45, 2.75) is 89.5 Å². The van der Waals surface area contributed by atoms with Crippen molar-refractivity contribution in [3.05, 3.63) is 0 Å². The fourth-order valence-corrected chi connectivity index (χ4v) is 5.59. The maximum Gasteiger partial charge on any atom is 0.323 e. The molecule has 3 N–H and O–H groups in total. The number of carbonyl (C=O) groups excluding carboxylic acids is 3. The average molecular weight is 490 g/mol. The lowest BCUT2D eigenvalue weighted by Crippen LogP contribution is -2.56. The van der Waals surface area contributed by atoms with Gasteiger partial charge in [-0.15, -0.1) is 11.8 Å². The van der Waals surface area contributed by atoms with Crippen molar-refractivity contribution in [2.24, 2.45) is 5.92 Å². The second-order valence-electron chi connectivity index (χ2n) is 9.67. The van der Waals surface area contributed by atoms with Gasteiger partial charge in [0.25, 0.3) is 0 Å². The largest absolute Gasteiger partial charge is 0.468 e. The quantitative estimate of drug-likeness (QED) is 0.207. The molecule has 0 spiro atoms. The molecule has 32 heavy (non-hydrogen) atoms. The number of nitrogens with one attached hydrogen (secondary N) is 3. The van der Waals surface area contributed by atoms with E-state index >= 15 is 0 Å². The van der Waals surface area contributed by atoms with E-state index < -0.39 is 0 Å². The summed E-state index contributed by atoms with van der Waals surface area (Å²) in [7, 11) is 1.44. The van der Waals surface area contributed by atoms with Gasteiger partial charge >= 0.3 is 5.97 Å². The van der Waals surface area contributed by atoms with Crippen molar-refractivity contribution in [1.82, 2.24) is 16.0 Å². The molecule has 0 bridgehead atoms. The third kappa shape index (κ3) is 11.8. The Hall–Kier alpha value is -0.930. The van der Waals surface area contributed by atoms with Crippen LogP contribution in [0, 0.1) is 5.92 Å². The Bertz CT molecular complexity index is 605. The van der Waals surface area contributed by atoms with E-state index in [9.17, 15) is 14.4 Å². The minimum Gasteiger partial charge on any atom is -0.468 e. The van der Waals surface area contributed by atoms with Gasteiger partial charge in [0.15, 0.2) is 0 Å². The van der Waals surface area contributed by atoms with Gasteiger partial charge in [0.05, 0.1) is 13.0 Å². The zero-order chi connectivity index (χ0) is 24.2. The first kappa shape index (κ1) is 29.1. The third-order valence-corrected chi connectivity index (χ3v) is 8.05. The molecule has 9 heteroatoms. The molecule has 1 rings (SSSR count). The standard InChI is InChI=1S/C23H43N3O4S2/c1-17(14-31-16-25-18(2)27)20(28)24-13-12-23(10-8-7-9-11-23)26-19(21(29)30-6)15-32-22(3,4)5/h17,19,26H,7-16H2,1-6H3,(H,24,28)(H,25,27). The lowest BCUT2D eigenvalue weighted by molar-refractivity contribution is -0.143. The molecule has 0 heterocycles. The summed E-state index contributed by atoms with van der Waals surface area (Å²) in [6, 6.07) is -0.359. The van der Waals surface area contributed by atoms with Crippen molar-refractivity contribution < 1.29 is 19.1 Å². The van der Waals surface area contributed by atoms with Crippen molar-refractivity contribution >= 4 is 41.3 Å². The highest BCUT2D eigenvalue weighted by atomic mass is 32.2. The minimum atomic E-state index is -0.359. The number of hydrogen-bond donors (Lipinski definition) is 3. The summed E-state index contributed by atoms with van der Waals surface area (Å²) in [6.45, 7) is 10.4. The highest BCUT2D eigenvalue weighted by molar-refractivity contribution is 8.00. The first-order valence-electron chi connectivity index (χ1n) is 11.6. The van der Waals surface area contributed by atoms with E-state index in [4.69, 9.17) is 4.74 Å². The molecule has 2 unspecified atom stereocenters. The highest BCUT2D eigenvalue weighted by Crippen LogP contribution is 2.32. The molecule has 0 aromatic carbocycles. The lowest BCUT2D eigenvalue weighted by Gasteiger charge is -2.41. The molecule has 0 aromatic heterocycles. The summed E-state index contributed by atoms with van der Waals surface area (Å²) < 4.78 is 5.15. The summed E-state index contributed by atoms with van der Waals surface area (Å²) >= 11 is 3.30. The maximum atomic E-state index is 12.5. The fraction of sp³-hybridized carbons (Fsp3) is 0.870. The second-order valence-corrected chi connectivity index (χ2v) is 12.6. The van der Waals surface area contributed by atoms with E-state index in [-0.39, 0.29) is 40.0 Å². The number of thioether (sulfide) groups is 2. The predicted molar refractivity (Wildman–Crippen MR) is 135 cm³/mol. The topological polar surface area (TPSA) is 96.5 Å². The van der Waals surface area contributed by atoms with Crippen LogP contribution in [0.3, 0.4) is 0 Å². The maximum absolute atomic E-state index is 12.5. The van der Waals surface area contributed by atoms with Gasteiger partial charge in [0, 0.05) is 41.2 Å². The van der Waals surface area contributed by atoms with Crippen LogP contribution in [0.2, 0.25) is 0 Å². The molecule has 0 aromatic rings. The molecule has 186 valence electrons. The highest BCUT2D eigenvalue weighted by Gasteiger charge is 2.36. The Kier molecular flexibility index (Phi) is 13.1. The van der Waals surface area contributed by atoms with Crippen molar-refractivity contribution in [3.63, 3.8) is 0 Å². The van der Waals surface area contributed by atoms with E-state index in [0.717, 1.165) is 32.1 Å². The molecule has 2 atom stereocenters. The smallest absolute Gasteiger partial charge is 0.323 e. The number of rotatable bonds is 13. The van der Waals surface area contributed by atoms with E-state index in [1.807, 2.05) is 6.92 Å². The monoisotopic (exact) mass is 489 g/mol. The van der Waals surface area contributed by atoms with E-state index in [0.29, 0.717) is 23.9 Å². The summed E-state index contributed by atoms with van der Waals surface area (Å²) in [4.78, 5) is 35.9. The Balaban J connectivity index is 2.63. The van der Waals surface area contributed by atoms with Crippen molar-refractivity contribution in [2.75, 3.05) is 31.0 Å². The molecule has 7 nitrogen and oxygen atoms in total. The number of hydrogen-bond acceptors (Lipinski definition) is 7. The molecule has 1 aliphatic carbocycles. The van der Waals surface area contributed by atoms with Crippen LogP contribution in [0.5, 0.6) is 0 Å². The van der Waals surface area contributed by atoms with E-state index in [1.165, 1.54) is 20.5 Å². The number of ether oxygens (including phenoxy) is 1. The second kappa shape index (κ2) is 14.4. The fourth-order valence-electron chi connectivity index (χ4n) is 3.77. The van der Waals surface area contributed by atoms with Crippen molar-refractivity contribution in [1.29, 1.82) is 0 Å². The number of carbonyl (C=O) groups is 3. The predicted octanol–water partition coefficient (Wildman–Crippen LogP) is 3.32. The van der Waals surface area contributed by atoms with Crippen LogP contribution in [0.25, 0.3) is 0 Å². The SMILES string of the molecule is COC(=O)C(CSC(C)(C)C)NC1(CCNC(=O)C(C)CSCNC(C)=O)CCCCC1. The van der Waals surface area contributed by atoms with Gasteiger partial charge in [-0.2, -0.15) is 11.8 Å². The summed E-state index contributed by atoms with van der Waals surface area (Å²) in [5.74, 6) is 1.44. The summed E-state index contributed by atoms with van der Waals surface area (Å²) in [6.07, 6.45) is 6.24. The van der Waals surface area contributed by atoms with Gasteiger partial charge in [-0.1, -0.05) is 47.0 Å². The molecule has 0 radical (unpaired) electrons. The minimum absolute atomic E-state index is 0.0269. The molecule has 1 fully saturated rings. The van der Waals surface area contributed by atoms with Crippen LogP contribution in [-0.4, -0.2) is 65.1 Å². The Labute approximate surface area is 202 Å². The number of amides is 2. The van der Waals surface area contributed by atoms with Crippen LogP contribution in [-0.2, 0) is 19.1 Å². The molecule has 1 aliphatic rings. The molecule has 0 saturated heterocycles. The molecule has 0 aliphatic heterocycles. The van der Waals surface area contributed by atoms with Gasteiger partial charge in [-0.25, -0.2) is 0 Å². The molecule has 2 amide bonds. The lowest BCUT2D eigenvalue weighted by atomic mass is 9.78. The average Bonchev–Trinajstić information content (AvgIpc) is 2.73. The zero-order valence-electron chi connectivity index (χ0n) is 20.7. The summed E-state index contributed by atoms with van der Waals surface area (Å²) in [5.41, 5.74) is -0.160. The Morgan fingerprint density at radius 3 is 2.28 bits per heavy atom. The van der Waals surface area contributed by atoms with E-state index in [1.54, 1.807) is 23.5 Å². The normalized spacial score (nSPS) is 17.8. The Morgan fingerprint density at radius 2 is 1.72 bits per heavy atom. The molecular formula is C23H43N3O4S2. The van der Waals surface area contributed by atoms with Crippen LogP contribution >= 0.6 is 23.5 Å². The van der Waals surface area contributed by atoms with Crippen LogP contribution in [0.1, 0.15) is 73.1 Å². The number of methoxy groups -OCH3 is 1. The van der Waals surface area contributed by atoms with Crippen molar-refractivity contribution in [3.8, 4) is 0 Å². The van der Waals surface area contributed by atoms with Gasteiger partial charge in [0.1, 0.15) is 6.04 Å². The van der Waals surface area contributed by atoms with Crippen LogP contribution < -0.4 is 16.0 Å². The van der Waals surface area contributed by atoms with Gasteiger partial charge in [-0.3, -0.25) is 19.7 Å². The first-order valence-corrected chi connectivity index (χ1v) is 13.7. The van der Waals surface area contributed by atoms with Gasteiger partial charge in [0.2, 0.25) is 11.8 Å². The molecular weight excluding hydrogens is 446 g/mol. The zero-order valence-corrected chi connectivity index (χ0v) is 22.3. The van der Waals surface area contributed by atoms with E-state index in [2.05, 4.69) is 36.7 Å². The van der Waals surface area contributed by atoms with Gasteiger partial charge < -0.3 is 15.4 Å². The molecule has 1 saturated carbocycles. The van der Waals surface area contributed by atoms with Crippen LogP contribution in [0.15, 0.2) is 0 Å².